The van der Waals surface area contributed by atoms with Crippen LogP contribution < -0.4 is 20.3 Å². The van der Waals surface area contributed by atoms with Crippen molar-refractivity contribution in [1.29, 1.82) is 0 Å². The summed E-state index contributed by atoms with van der Waals surface area (Å²) in [5.41, 5.74) is 2.86. The highest BCUT2D eigenvalue weighted by Gasteiger charge is 2.35. The first-order valence-electron chi connectivity index (χ1n) is 9.95. The number of nitrogens with one attached hydrogen (secondary N) is 2. The number of anilines is 3. The first-order valence-corrected chi connectivity index (χ1v) is 9.95. The lowest BCUT2D eigenvalue weighted by Gasteiger charge is -2.19. The molecule has 7 nitrogen and oxygen atoms in total. The second-order valence-electron chi connectivity index (χ2n) is 7.74. The molecule has 0 aliphatic carbocycles. The Morgan fingerprint density at radius 3 is 2.53 bits per heavy atom. The molecule has 3 rings (SSSR count). The molecule has 0 bridgehead atoms. The van der Waals surface area contributed by atoms with E-state index in [-0.39, 0.29) is 24.1 Å². The van der Waals surface area contributed by atoms with Crippen molar-refractivity contribution in [2.45, 2.75) is 33.1 Å². The van der Waals surface area contributed by atoms with Gasteiger partial charge in [-0.15, -0.1) is 0 Å². The van der Waals surface area contributed by atoms with Gasteiger partial charge < -0.3 is 20.3 Å². The third-order valence-corrected chi connectivity index (χ3v) is 5.14. The molecule has 2 N–H and O–H groups in total. The van der Waals surface area contributed by atoms with Crippen molar-refractivity contribution in [3.8, 4) is 5.75 Å². The Kier molecular flexibility index (Phi) is 6.40. The summed E-state index contributed by atoms with van der Waals surface area (Å²) in [5.74, 6) is -0.190. The van der Waals surface area contributed by atoms with Crippen molar-refractivity contribution >= 4 is 34.8 Å². The maximum absolute atomic E-state index is 12.9. The first kappa shape index (κ1) is 21.4. The molecule has 1 aliphatic rings. The van der Waals surface area contributed by atoms with Gasteiger partial charge in [0.25, 0.3) is 0 Å². The average Bonchev–Trinajstić information content (AvgIpc) is 3.11. The minimum absolute atomic E-state index is 0.0798. The normalized spacial score (nSPS) is 16.0. The van der Waals surface area contributed by atoms with E-state index >= 15 is 0 Å². The molecule has 2 aromatic carbocycles. The van der Waals surface area contributed by atoms with Crippen molar-refractivity contribution in [2.24, 2.45) is 5.92 Å². The van der Waals surface area contributed by atoms with Crippen molar-refractivity contribution in [1.82, 2.24) is 0 Å². The van der Waals surface area contributed by atoms with E-state index in [2.05, 4.69) is 24.5 Å². The predicted molar refractivity (Wildman–Crippen MR) is 117 cm³/mol. The summed E-state index contributed by atoms with van der Waals surface area (Å²) in [6.07, 6.45) is 0.136. The lowest BCUT2D eigenvalue weighted by atomic mass is 10.0. The number of carbonyl (C=O) groups is 3. The van der Waals surface area contributed by atoms with Crippen molar-refractivity contribution < 1.29 is 19.1 Å². The van der Waals surface area contributed by atoms with E-state index in [1.807, 2.05) is 24.3 Å². The molecule has 0 radical (unpaired) electrons. The standard InChI is InChI=1S/C23H27N3O4/c1-14(2)16-6-5-7-18(10-16)26-13-17(11-22(26)28)23(29)25-21-12-19(30-4)8-9-20(21)24-15(3)27/h5-10,12,14,17H,11,13H2,1-4H3,(H,24,27)(H,25,29). The molecule has 1 atom stereocenters. The van der Waals surface area contributed by atoms with E-state index in [0.29, 0.717) is 29.6 Å². The Labute approximate surface area is 176 Å². The quantitative estimate of drug-likeness (QED) is 0.760. The molecule has 158 valence electrons. The van der Waals surface area contributed by atoms with Crippen LogP contribution in [0.1, 0.15) is 38.7 Å². The Balaban J connectivity index is 1.77. The summed E-state index contributed by atoms with van der Waals surface area (Å²) < 4.78 is 5.22. The van der Waals surface area contributed by atoms with Gasteiger partial charge in [-0.2, -0.15) is 0 Å². The van der Waals surface area contributed by atoms with Crippen LogP contribution in [0.15, 0.2) is 42.5 Å². The Morgan fingerprint density at radius 2 is 1.87 bits per heavy atom. The van der Waals surface area contributed by atoms with E-state index < -0.39 is 5.92 Å². The van der Waals surface area contributed by atoms with Gasteiger partial charge in [0.05, 0.1) is 24.4 Å². The van der Waals surface area contributed by atoms with Gasteiger partial charge in [0.15, 0.2) is 0 Å². The number of hydrogen-bond donors (Lipinski definition) is 2. The zero-order valence-electron chi connectivity index (χ0n) is 17.7. The van der Waals surface area contributed by atoms with Crippen LogP contribution in [0.5, 0.6) is 5.75 Å². The molecule has 0 saturated carbocycles. The third kappa shape index (κ3) is 4.79. The summed E-state index contributed by atoms with van der Waals surface area (Å²) in [6.45, 7) is 5.91. The van der Waals surface area contributed by atoms with Gasteiger partial charge in [-0.1, -0.05) is 26.0 Å². The van der Waals surface area contributed by atoms with Gasteiger partial charge in [0.2, 0.25) is 17.7 Å². The molecule has 1 unspecified atom stereocenters. The molecule has 1 heterocycles. The number of nitrogens with zero attached hydrogens (tertiary/aromatic N) is 1. The number of hydrogen-bond acceptors (Lipinski definition) is 4. The molecule has 2 aromatic rings. The number of ether oxygens (including phenoxy) is 1. The van der Waals surface area contributed by atoms with Crippen LogP contribution in [0.25, 0.3) is 0 Å². The highest BCUT2D eigenvalue weighted by Crippen LogP contribution is 2.31. The van der Waals surface area contributed by atoms with Gasteiger partial charge in [-0.25, -0.2) is 0 Å². The largest absolute Gasteiger partial charge is 0.497 e. The zero-order chi connectivity index (χ0) is 21.8. The second kappa shape index (κ2) is 8.98. The number of benzene rings is 2. The minimum Gasteiger partial charge on any atom is -0.497 e. The molecule has 7 heteroatoms. The highest BCUT2D eigenvalue weighted by atomic mass is 16.5. The van der Waals surface area contributed by atoms with Gasteiger partial charge >= 0.3 is 0 Å². The van der Waals surface area contributed by atoms with Crippen LogP contribution in [0.3, 0.4) is 0 Å². The van der Waals surface area contributed by atoms with Gasteiger partial charge in [0.1, 0.15) is 5.75 Å². The third-order valence-electron chi connectivity index (χ3n) is 5.14. The fraction of sp³-hybridized carbons (Fsp3) is 0.348. The Morgan fingerprint density at radius 1 is 1.10 bits per heavy atom. The Hall–Kier alpha value is -3.35. The van der Waals surface area contributed by atoms with E-state index in [1.165, 1.54) is 14.0 Å². The molecule has 30 heavy (non-hydrogen) atoms. The molecule has 1 saturated heterocycles. The fourth-order valence-electron chi connectivity index (χ4n) is 3.47. The summed E-state index contributed by atoms with van der Waals surface area (Å²) in [4.78, 5) is 38.6. The molecular formula is C23H27N3O4. The maximum atomic E-state index is 12.9. The smallest absolute Gasteiger partial charge is 0.229 e. The van der Waals surface area contributed by atoms with Crippen LogP contribution in [0, 0.1) is 5.92 Å². The van der Waals surface area contributed by atoms with Gasteiger partial charge in [0, 0.05) is 31.6 Å². The average molecular weight is 409 g/mol. The number of rotatable bonds is 6. The van der Waals surface area contributed by atoms with E-state index in [4.69, 9.17) is 4.74 Å². The van der Waals surface area contributed by atoms with E-state index in [1.54, 1.807) is 23.1 Å². The maximum Gasteiger partial charge on any atom is 0.229 e. The highest BCUT2D eigenvalue weighted by molar-refractivity contribution is 6.05. The molecular weight excluding hydrogens is 382 g/mol. The lowest BCUT2D eigenvalue weighted by molar-refractivity contribution is -0.122. The Bertz CT molecular complexity index is 971. The summed E-state index contributed by atoms with van der Waals surface area (Å²) >= 11 is 0. The topological polar surface area (TPSA) is 87.7 Å². The van der Waals surface area contributed by atoms with E-state index in [9.17, 15) is 14.4 Å². The SMILES string of the molecule is COc1ccc(NC(C)=O)c(NC(=O)C2CC(=O)N(c3cccc(C(C)C)c3)C2)c1. The molecule has 1 fully saturated rings. The minimum atomic E-state index is -0.489. The number of amides is 3. The van der Waals surface area contributed by atoms with Crippen LogP contribution >= 0.6 is 0 Å². The number of methoxy groups -OCH3 is 1. The molecule has 3 amide bonds. The summed E-state index contributed by atoms with van der Waals surface area (Å²) in [5, 5.41) is 5.54. The van der Waals surface area contributed by atoms with Crippen LogP contribution in [0.2, 0.25) is 0 Å². The van der Waals surface area contributed by atoms with Crippen molar-refractivity contribution in [3.05, 3.63) is 48.0 Å². The fourth-order valence-corrected chi connectivity index (χ4v) is 3.47. The van der Waals surface area contributed by atoms with Crippen LogP contribution in [-0.4, -0.2) is 31.4 Å². The first-order chi connectivity index (χ1) is 14.3. The zero-order valence-corrected chi connectivity index (χ0v) is 17.7. The van der Waals surface area contributed by atoms with Crippen molar-refractivity contribution in [2.75, 3.05) is 29.2 Å². The van der Waals surface area contributed by atoms with E-state index in [0.717, 1.165) is 11.3 Å². The summed E-state index contributed by atoms with van der Waals surface area (Å²) in [7, 11) is 1.53. The van der Waals surface area contributed by atoms with Gasteiger partial charge in [-0.05, 0) is 35.7 Å². The number of carbonyl (C=O) groups excluding carboxylic acids is 3. The second-order valence-corrected chi connectivity index (χ2v) is 7.74. The molecule has 0 spiro atoms. The van der Waals surface area contributed by atoms with Crippen LogP contribution in [-0.2, 0) is 14.4 Å². The lowest BCUT2D eigenvalue weighted by Crippen LogP contribution is -2.28. The van der Waals surface area contributed by atoms with Crippen molar-refractivity contribution in [3.63, 3.8) is 0 Å². The van der Waals surface area contributed by atoms with Crippen LogP contribution in [0.4, 0.5) is 17.1 Å². The summed E-state index contributed by atoms with van der Waals surface area (Å²) in [6, 6.07) is 12.9. The molecule has 1 aliphatic heterocycles. The van der Waals surface area contributed by atoms with Gasteiger partial charge in [-0.3, -0.25) is 14.4 Å². The monoisotopic (exact) mass is 409 g/mol. The predicted octanol–water partition coefficient (Wildman–Crippen LogP) is 3.77. The molecule has 0 aromatic heterocycles.